The minimum absolute atomic E-state index is 0.137. The van der Waals surface area contributed by atoms with Crippen LogP contribution >= 0.6 is 0 Å². The summed E-state index contributed by atoms with van der Waals surface area (Å²) in [5.41, 5.74) is -4.27. The summed E-state index contributed by atoms with van der Waals surface area (Å²) in [5.74, 6) is -2.95. The highest BCUT2D eigenvalue weighted by Gasteiger charge is 2.55. The number of carbonyl (C=O) groups is 1. The lowest BCUT2D eigenvalue weighted by Crippen LogP contribution is -2.67. The fourth-order valence-electron chi connectivity index (χ4n) is 10.0. The second-order valence-electron chi connectivity index (χ2n) is 18.6. The van der Waals surface area contributed by atoms with Gasteiger partial charge in [0.15, 0.2) is 12.6 Å². The molecule has 0 amide bonds. The molecule has 4 aliphatic heterocycles. The number of carbonyl (C=O) groups excluding carboxylic acids is 1. The van der Waals surface area contributed by atoms with Crippen LogP contribution < -0.4 is 5.32 Å². The number of methoxy groups -OCH3 is 2. The molecule has 0 spiro atoms. The molecule has 58 heavy (non-hydrogen) atoms. The zero-order valence-electron chi connectivity index (χ0n) is 37.6. The number of hydrogen-bond donors (Lipinski definition) is 5. The van der Waals surface area contributed by atoms with Crippen molar-refractivity contribution in [1.29, 1.82) is 0 Å². The summed E-state index contributed by atoms with van der Waals surface area (Å²) in [4.78, 5) is 16.4. The molecule has 4 rings (SSSR count). The van der Waals surface area contributed by atoms with Gasteiger partial charge < -0.3 is 68.0 Å². The summed E-state index contributed by atoms with van der Waals surface area (Å²) >= 11 is 0. The number of aliphatic hydroxyl groups is 4. The monoisotopic (exact) mass is 835 g/mol. The van der Waals surface area contributed by atoms with Crippen molar-refractivity contribution in [2.75, 3.05) is 48.1 Å². The minimum Gasteiger partial charge on any atom is -0.459 e. The molecule has 4 heterocycles. The molecule has 0 aromatic rings. The highest BCUT2D eigenvalue weighted by molar-refractivity contribution is 5.73. The molecule has 0 aromatic carbocycles. The van der Waals surface area contributed by atoms with Gasteiger partial charge in [-0.3, -0.25) is 10.1 Å². The second-order valence-corrected chi connectivity index (χ2v) is 18.6. The Kier molecular flexibility index (Phi) is 17.4. The Bertz CT molecular complexity index is 1290. The van der Waals surface area contributed by atoms with E-state index in [1.54, 1.807) is 41.7 Å². The highest BCUT2D eigenvalue weighted by Crippen LogP contribution is 2.43. The van der Waals surface area contributed by atoms with Crippen molar-refractivity contribution >= 4 is 5.97 Å². The van der Waals surface area contributed by atoms with E-state index in [1.807, 2.05) is 53.6 Å². The van der Waals surface area contributed by atoms with Crippen molar-refractivity contribution in [3.8, 4) is 0 Å². The van der Waals surface area contributed by atoms with Crippen LogP contribution in [0.1, 0.15) is 94.9 Å². The van der Waals surface area contributed by atoms with Crippen LogP contribution in [-0.4, -0.2) is 176 Å². The third-order valence-corrected chi connectivity index (χ3v) is 13.5. The number of nitrogens with one attached hydrogen (secondary N) is 1. The standard InChI is InChI=1S/C42H78N2O14/c1-15-29-42(10,49)37-24(4)32(43-30(56-37)21-52-17-16-50-13)22(2)19-40(8,48)36(58-39-33(45)28(44(11)12)18-23(3)53-39)25(5)34(26(6)38(47)55-29)57-31-20-41(9,51-14)35(46)27(7)54-31/h22-37,39,43,45-46,48-49H,15-21H2,1-14H3/t22-,23?,24+,25+,26-,27?,28?,29?,30+,31?,32+,33?,34?,35?,36-,37-,39?,40-,41?,42-/m1/s1. The van der Waals surface area contributed by atoms with Crippen LogP contribution in [0.25, 0.3) is 0 Å². The lowest BCUT2D eigenvalue weighted by molar-refractivity contribution is -0.318. The molecule has 2 bridgehead atoms. The summed E-state index contributed by atoms with van der Waals surface area (Å²) in [6.45, 7) is 19.1. The van der Waals surface area contributed by atoms with E-state index in [9.17, 15) is 25.2 Å². The van der Waals surface area contributed by atoms with Gasteiger partial charge in [0, 0.05) is 44.6 Å². The van der Waals surface area contributed by atoms with Gasteiger partial charge in [-0.25, -0.2) is 0 Å². The average molecular weight is 835 g/mol. The first-order valence-electron chi connectivity index (χ1n) is 21.4. The van der Waals surface area contributed by atoms with Gasteiger partial charge in [0.05, 0.1) is 67.5 Å². The first-order chi connectivity index (χ1) is 27.0. The van der Waals surface area contributed by atoms with E-state index < -0.39 is 96.1 Å². The lowest BCUT2D eigenvalue weighted by Gasteiger charge is -2.52. The Morgan fingerprint density at radius 3 is 2.19 bits per heavy atom. The zero-order valence-corrected chi connectivity index (χ0v) is 37.6. The number of ether oxygens (including phenoxy) is 9. The van der Waals surface area contributed by atoms with Gasteiger partial charge in [-0.15, -0.1) is 0 Å². The van der Waals surface area contributed by atoms with Gasteiger partial charge in [-0.05, 0) is 80.8 Å². The molecular formula is C42H78N2O14. The van der Waals surface area contributed by atoms with E-state index in [1.165, 1.54) is 7.11 Å². The van der Waals surface area contributed by atoms with Gasteiger partial charge in [0.1, 0.15) is 30.1 Å². The lowest BCUT2D eigenvalue weighted by atomic mass is 9.71. The SMILES string of the molecule is CCC1OC(=O)[C@H](C)C(OC2CC(C)(OC)C(O)C(C)O2)[C@H](C)[C@@H](OC2OC(C)CC(N(C)C)C2O)[C@](C)(O)C[C@@H](C)[C@@H]2N[C@H](COCCOC)O[C@H]([C@H]2C)[C@]1(C)O. The predicted molar refractivity (Wildman–Crippen MR) is 214 cm³/mol. The summed E-state index contributed by atoms with van der Waals surface area (Å²) in [6, 6.07) is -0.593. The van der Waals surface area contributed by atoms with E-state index in [2.05, 4.69) is 5.32 Å². The highest BCUT2D eigenvalue weighted by atomic mass is 16.7. The van der Waals surface area contributed by atoms with Crippen LogP contribution in [0, 0.1) is 23.7 Å². The minimum atomic E-state index is -1.64. The van der Waals surface area contributed by atoms with E-state index >= 15 is 0 Å². The van der Waals surface area contributed by atoms with Gasteiger partial charge in [-0.2, -0.15) is 0 Å². The molecule has 0 saturated carbocycles. The molecule has 10 unspecified atom stereocenters. The largest absolute Gasteiger partial charge is 0.459 e. The Labute approximate surface area is 346 Å². The van der Waals surface area contributed by atoms with E-state index in [0.717, 1.165) is 0 Å². The first kappa shape index (κ1) is 49.6. The maximum absolute atomic E-state index is 14.5. The van der Waals surface area contributed by atoms with Crippen LogP contribution in [0.4, 0.5) is 0 Å². The molecule has 4 fully saturated rings. The van der Waals surface area contributed by atoms with E-state index in [0.29, 0.717) is 19.6 Å². The summed E-state index contributed by atoms with van der Waals surface area (Å²) < 4.78 is 55.7. The summed E-state index contributed by atoms with van der Waals surface area (Å²) in [5, 5.41) is 51.5. The average Bonchev–Trinajstić information content (AvgIpc) is 3.15. The van der Waals surface area contributed by atoms with E-state index in [4.69, 9.17) is 42.6 Å². The Morgan fingerprint density at radius 1 is 0.914 bits per heavy atom. The molecule has 16 nitrogen and oxygen atoms in total. The Balaban J connectivity index is 1.83. The Hall–Kier alpha value is -1.09. The molecule has 5 N–H and O–H groups in total. The third-order valence-electron chi connectivity index (χ3n) is 13.5. The van der Waals surface area contributed by atoms with Gasteiger partial charge in [0.25, 0.3) is 0 Å². The summed E-state index contributed by atoms with van der Waals surface area (Å²) in [7, 11) is 6.90. The molecule has 4 aliphatic rings. The van der Waals surface area contributed by atoms with Crippen LogP contribution in [0.5, 0.6) is 0 Å². The number of hydrogen-bond acceptors (Lipinski definition) is 16. The normalized spacial score (nSPS) is 48.7. The number of rotatable bonds is 12. The molecule has 16 heteroatoms. The smallest absolute Gasteiger partial charge is 0.311 e. The zero-order chi connectivity index (χ0) is 43.5. The van der Waals surface area contributed by atoms with Crippen LogP contribution in [0.3, 0.4) is 0 Å². The molecule has 0 aliphatic carbocycles. The third kappa shape index (κ3) is 11.1. The summed E-state index contributed by atoms with van der Waals surface area (Å²) in [6.07, 6.45) is -8.29. The van der Waals surface area contributed by atoms with Crippen molar-refractivity contribution in [2.45, 2.75) is 191 Å². The van der Waals surface area contributed by atoms with Crippen LogP contribution in [-0.2, 0) is 47.4 Å². The quantitative estimate of drug-likeness (QED) is 0.142. The molecule has 20 atom stereocenters. The molecular weight excluding hydrogens is 756 g/mol. The van der Waals surface area contributed by atoms with Crippen molar-refractivity contribution < 1.29 is 67.9 Å². The van der Waals surface area contributed by atoms with Crippen molar-refractivity contribution in [1.82, 2.24) is 10.2 Å². The fraction of sp³-hybridized carbons (Fsp3) is 0.976. The topological polar surface area (TPSA) is 196 Å². The van der Waals surface area contributed by atoms with Gasteiger partial charge >= 0.3 is 5.97 Å². The molecule has 340 valence electrons. The van der Waals surface area contributed by atoms with Crippen molar-refractivity contribution in [2.24, 2.45) is 23.7 Å². The number of nitrogens with zero attached hydrogens (tertiary/aromatic N) is 1. The van der Waals surface area contributed by atoms with E-state index in [-0.39, 0.29) is 55.9 Å². The van der Waals surface area contributed by atoms with Crippen LogP contribution in [0.15, 0.2) is 0 Å². The van der Waals surface area contributed by atoms with Gasteiger partial charge in [0.2, 0.25) is 0 Å². The number of aliphatic hydroxyl groups excluding tert-OH is 2. The molecule has 0 radical (unpaired) electrons. The van der Waals surface area contributed by atoms with Crippen LogP contribution in [0.2, 0.25) is 0 Å². The molecule has 0 aromatic heterocycles. The maximum atomic E-state index is 14.5. The predicted octanol–water partition coefficient (Wildman–Crippen LogP) is 2.20. The molecule has 4 saturated heterocycles. The Morgan fingerprint density at radius 2 is 1.59 bits per heavy atom. The second kappa shape index (κ2) is 20.4. The van der Waals surface area contributed by atoms with Crippen molar-refractivity contribution in [3.63, 3.8) is 0 Å². The maximum Gasteiger partial charge on any atom is 0.311 e. The first-order valence-corrected chi connectivity index (χ1v) is 21.4. The van der Waals surface area contributed by atoms with Gasteiger partial charge in [-0.1, -0.05) is 27.7 Å². The fourth-order valence-corrected chi connectivity index (χ4v) is 10.0. The number of esters is 1. The number of fused-ring (bicyclic) bond motifs is 2. The van der Waals surface area contributed by atoms with Crippen molar-refractivity contribution in [3.05, 3.63) is 0 Å². The number of likely N-dealkylation sites (N-methyl/N-ethyl adjacent to an activating group) is 1. The number of cyclic esters (lactones) is 1.